The van der Waals surface area contributed by atoms with Crippen LogP contribution in [-0.2, 0) is 0 Å². The van der Waals surface area contributed by atoms with Crippen LogP contribution in [0.4, 0.5) is 0 Å². The molecule has 0 aliphatic carbocycles. The molecule has 0 heterocycles. The molecule has 1 atom stereocenters. The Morgan fingerprint density at radius 2 is 1.75 bits per heavy atom. The molecule has 1 unspecified atom stereocenters. The van der Waals surface area contributed by atoms with Crippen LogP contribution in [0.3, 0.4) is 0 Å². The average molecular weight is 275 g/mol. The number of unbranched alkanes of at least 4 members (excludes halogenated alkanes) is 5. The van der Waals surface area contributed by atoms with E-state index in [2.05, 4.69) is 50.4 Å². The second-order valence-corrected chi connectivity index (χ2v) is 5.98. The molecule has 0 aliphatic rings. The Morgan fingerprint density at radius 1 is 1.00 bits per heavy atom. The third-order valence-corrected chi connectivity index (χ3v) is 4.06. The zero-order valence-electron chi connectivity index (χ0n) is 13.8. The van der Waals surface area contributed by atoms with Gasteiger partial charge in [-0.2, -0.15) is 0 Å². The van der Waals surface area contributed by atoms with Crippen LogP contribution in [-0.4, -0.2) is 13.1 Å². The van der Waals surface area contributed by atoms with Crippen LogP contribution < -0.4 is 5.32 Å². The van der Waals surface area contributed by atoms with Crippen molar-refractivity contribution >= 4 is 0 Å². The lowest BCUT2D eigenvalue weighted by Gasteiger charge is -2.18. The summed E-state index contributed by atoms with van der Waals surface area (Å²) in [4.78, 5) is 0. The zero-order valence-corrected chi connectivity index (χ0v) is 13.8. The van der Waals surface area contributed by atoms with E-state index in [-0.39, 0.29) is 0 Å². The highest BCUT2D eigenvalue weighted by atomic mass is 14.8. The van der Waals surface area contributed by atoms with Crippen LogP contribution in [0.5, 0.6) is 0 Å². The van der Waals surface area contributed by atoms with Crippen molar-refractivity contribution in [2.45, 2.75) is 71.6 Å². The van der Waals surface area contributed by atoms with E-state index in [9.17, 15) is 0 Å². The minimum atomic E-state index is 0.682. The van der Waals surface area contributed by atoms with E-state index in [1.54, 1.807) is 0 Å². The van der Waals surface area contributed by atoms with Crippen molar-refractivity contribution in [2.24, 2.45) is 0 Å². The molecule has 1 rings (SSSR count). The Morgan fingerprint density at radius 3 is 2.45 bits per heavy atom. The highest BCUT2D eigenvalue weighted by Gasteiger charge is 2.10. The summed E-state index contributed by atoms with van der Waals surface area (Å²) in [7, 11) is 0. The molecule has 0 saturated heterocycles. The van der Waals surface area contributed by atoms with E-state index in [0.717, 1.165) is 13.1 Å². The van der Waals surface area contributed by atoms with Gasteiger partial charge in [-0.3, -0.25) is 0 Å². The molecule has 1 nitrogen and oxygen atoms in total. The number of rotatable bonds is 11. The number of likely N-dealkylation sites (N-methyl/N-ethyl adjacent to an activating group) is 1. The number of aryl methyl sites for hydroxylation is 1. The SMILES string of the molecule is CCCCCCCCC(CNCC)c1cccc(C)c1. The van der Waals surface area contributed by atoms with Gasteiger partial charge in [-0.1, -0.05) is 82.2 Å². The van der Waals surface area contributed by atoms with Crippen LogP contribution in [0, 0.1) is 6.92 Å². The maximum atomic E-state index is 3.53. The Bertz CT molecular complexity index is 345. The van der Waals surface area contributed by atoms with E-state index in [4.69, 9.17) is 0 Å². The average Bonchev–Trinajstić information content (AvgIpc) is 2.45. The molecule has 0 radical (unpaired) electrons. The van der Waals surface area contributed by atoms with Gasteiger partial charge in [-0.15, -0.1) is 0 Å². The third kappa shape index (κ3) is 7.09. The standard InChI is InChI=1S/C19H33N/c1-4-6-7-8-9-10-13-19(16-20-5-2)18-14-11-12-17(3)15-18/h11-12,14-15,19-20H,4-10,13,16H2,1-3H3. The lowest BCUT2D eigenvalue weighted by Crippen LogP contribution is -2.21. The van der Waals surface area contributed by atoms with Crippen LogP contribution in [0.1, 0.15) is 75.8 Å². The summed E-state index contributed by atoms with van der Waals surface area (Å²) < 4.78 is 0. The third-order valence-electron chi connectivity index (χ3n) is 4.06. The predicted octanol–water partition coefficient (Wildman–Crippen LogP) is 5.44. The second kappa shape index (κ2) is 10.9. The van der Waals surface area contributed by atoms with Gasteiger partial charge in [-0.25, -0.2) is 0 Å². The summed E-state index contributed by atoms with van der Waals surface area (Å²) in [6, 6.07) is 9.05. The molecule has 0 spiro atoms. The summed E-state index contributed by atoms with van der Waals surface area (Å²) in [5.41, 5.74) is 2.89. The minimum absolute atomic E-state index is 0.682. The molecule has 0 amide bonds. The Hall–Kier alpha value is -0.820. The fraction of sp³-hybridized carbons (Fsp3) is 0.684. The molecule has 0 aliphatic heterocycles. The summed E-state index contributed by atoms with van der Waals surface area (Å²) >= 11 is 0. The first kappa shape index (κ1) is 17.2. The molecule has 0 saturated carbocycles. The first-order valence-electron chi connectivity index (χ1n) is 8.55. The van der Waals surface area contributed by atoms with Crippen molar-refractivity contribution in [1.82, 2.24) is 5.32 Å². The van der Waals surface area contributed by atoms with Gasteiger partial charge in [0.25, 0.3) is 0 Å². The molecule has 1 aromatic carbocycles. The molecule has 114 valence electrons. The molecular formula is C19H33N. The molecule has 1 heteroatoms. The highest BCUT2D eigenvalue weighted by Crippen LogP contribution is 2.23. The van der Waals surface area contributed by atoms with Gasteiger partial charge in [0.2, 0.25) is 0 Å². The van der Waals surface area contributed by atoms with E-state index in [0.29, 0.717) is 5.92 Å². The minimum Gasteiger partial charge on any atom is -0.316 e. The van der Waals surface area contributed by atoms with Gasteiger partial charge in [0.05, 0.1) is 0 Å². The molecular weight excluding hydrogens is 242 g/mol. The van der Waals surface area contributed by atoms with Crippen LogP contribution in [0.25, 0.3) is 0 Å². The van der Waals surface area contributed by atoms with Crippen LogP contribution in [0.15, 0.2) is 24.3 Å². The fourth-order valence-corrected chi connectivity index (χ4v) is 2.80. The monoisotopic (exact) mass is 275 g/mol. The molecule has 20 heavy (non-hydrogen) atoms. The fourth-order valence-electron chi connectivity index (χ4n) is 2.80. The molecule has 1 aromatic rings. The smallest absolute Gasteiger partial charge is 0.00200 e. The lowest BCUT2D eigenvalue weighted by molar-refractivity contribution is 0.512. The topological polar surface area (TPSA) is 12.0 Å². The first-order valence-corrected chi connectivity index (χ1v) is 8.55. The maximum absolute atomic E-state index is 3.53. The molecule has 0 bridgehead atoms. The second-order valence-electron chi connectivity index (χ2n) is 5.98. The van der Waals surface area contributed by atoms with E-state index >= 15 is 0 Å². The Kier molecular flexibility index (Phi) is 9.40. The van der Waals surface area contributed by atoms with Crippen molar-refractivity contribution in [2.75, 3.05) is 13.1 Å². The summed E-state index contributed by atoms with van der Waals surface area (Å²) in [5, 5.41) is 3.53. The van der Waals surface area contributed by atoms with Gasteiger partial charge in [0, 0.05) is 6.54 Å². The van der Waals surface area contributed by atoms with E-state index in [1.165, 1.54) is 56.1 Å². The number of nitrogens with one attached hydrogen (secondary N) is 1. The largest absolute Gasteiger partial charge is 0.316 e. The highest BCUT2D eigenvalue weighted by molar-refractivity contribution is 5.25. The molecule has 1 N–H and O–H groups in total. The van der Waals surface area contributed by atoms with Crippen molar-refractivity contribution in [3.63, 3.8) is 0 Å². The number of hydrogen-bond acceptors (Lipinski definition) is 1. The number of benzene rings is 1. The molecule has 0 aromatic heterocycles. The van der Waals surface area contributed by atoms with Gasteiger partial charge >= 0.3 is 0 Å². The van der Waals surface area contributed by atoms with Crippen molar-refractivity contribution in [3.05, 3.63) is 35.4 Å². The van der Waals surface area contributed by atoms with Gasteiger partial charge in [-0.05, 0) is 31.4 Å². The van der Waals surface area contributed by atoms with E-state index in [1.807, 2.05) is 0 Å². The van der Waals surface area contributed by atoms with Crippen molar-refractivity contribution < 1.29 is 0 Å². The number of hydrogen-bond donors (Lipinski definition) is 1. The Balaban J connectivity index is 2.40. The zero-order chi connectivity index (χ0) is 14.6. The van der Waals surface area contributed by atoms with E-state index < -0.39 is 0 Å². The first-order chi connectivity index (χ1) is 9.77. The Labute approximate surface area is 126 Å². The predicted molar refractivity (Wildman–Crippen MR) is 90.5 cm³/mol. The summed E-state index contributed by atoms with van der Waals surface area (Å²) in [5.74, 6) is 0.682. The maximum Gasteiger partial charge on any atom is 0.00200 e. The van der Waals surface area contributed by atoms with Crippen molar-refractivity contribution in [3.8, 4) is 0 Å². The van der Waals surface area contributed by atoms with Crippen molar-refractivity contribution in [1.29, 1.82) is 0 Å². The normalized spacial score (nSPS) is 12.6. The van der Waals surface area contributed by atoms with Crippen LogP contribution in [0.2, 0.25) is 0 Å². The van der Waals surface area contributed by atoms with Gasteiger partial charge in [0.15, 0.2) is 0 Å². The summed E-state index contributed by atoms with van der Waals surface area (Å²) in [6.45, 7) is 8.86. The quantitative estimate of drug-likeness (QED) is 0.530. The lowest BCUT2D eigenvalue weighted by atomic mass is 9.92. The van der Waals surface area contributed by atoms with Gasteiger partial charge in [0.1, 0.15) is 0 Å². The molecule has 0 fully saturated rings. The summed E-state index contributed by atoms with van der Waals surface area (Å²) in [6.07, 6.45) is 9.66. The van der Waals surface area contributed by atoms with Gasteiger partial charge < -0.3 is 5.32 Å². The van der Waals surface area contributed by atoms with Crippen LogP contribution >= 0.6 is 0 Å².